The number of nitrogens with one attached hydrogen (secondary N) is 1. The summed E-state index contributed by atoms with van der Waals surface area (Å²) in [4.78, 5) is 14.7. The molecule has 0 saturated heterocycles. The van der Waals surface area contributed by atoms with Gasteiger partial charge in [0.15, 0.2) is 0 Å². The number of thiazole rings is 1. The number of hydrogen-bond donors (Lipinski definition) is 3. The number of hydrogen-bond acceptors (Lipinski definition) is 5. The first-order chi connectivity index (χ1) is 8.56. The van der Waals surface area contributed by atoms with Crippen molar-refractivity contribution >= 4 is 17.3 Å². The van der Waals surface area contributed by atoms with Gasteiger partial charge in [0, 0.05) is 30.5 Å². The number of carboxylic acids is 1. The SMILES string of the molecule is CCC(CC)(CO)CNCc1csc(C(=O)O)n1. The molecular formula is C12H20N2O3S. The molecule has 3 N–H and O–H groups in total. The van der Waals surface area contributed by atoms with Gasteiger partial charge in [0.2, 0.25) is 5.01 Å². The molecule has 0 saturated carbocycles. The van der Waals surface area contributed by atoms with Gasteiger partial charge in [-0.3, -0.25) is 0 Å². The molecule has 0 aliphatic rings. The second kappa shape index (κ2) is 6.82. The third-order valence-electron chi connectivity index (χ3n) is 3.38. The first kappa shape index (κ1) is 15.1. The van der Waals surface area contributed by atoms with Crippen LogP contribution in [0, 0.1) is 5.41 Å². The molecule has 6 heteroatoms. The average Bonchev–Trinajstić information content (AvgIpc) is 2.84. The summed E-state index contributed by atoms with van der Waals surface area (Å²) < 4.78 is 0. The Bertz CT molecular complexity index is 380. The molecule has 0 aromatic carbocycles. The van der Waals surface area contributed by atoms with E-state index in [0.717, 1.165) is 29.9 Å². The quantitative estimate of drug-likeness (QED) is 0.671. The predicted octanol–water partition coefficient (Wildman–Crippen LogP) is 1.73. The number of carboxylic acid groups (broad SMARTS) is 1. The Hall–Kier alpha value is -0.980. The van der Waals surface area contributed by atoms with Gasteiger partial charge in [-0.05, 0) is 12.8 Å². The molecule has 0 unspecified atom stereocenters. The van der Waals surface area contributed by atoms with E-state index in [1.54, 1.807) is 5.38 Å². The molecule has 1 aromatic heterocycles. The molecule has 0 bridgehead atoms. The summed E-state index contributed by atoms with van der Waals surface area (Å²) in [6, 6.07) is 0. The van der Waals surface area contributed by atoms with Crippen molar-refractivity contribution < 1.29 is 15.0 Å². The van der Waals surface area contributed by atoms with Crippen LogP contribution < -0.4 is 5.32 Å². The van der Waals surface area contributed by atoms with Crippen LogP contribution in [-0.4, -0.2) is 34.3 Å². The fourth-order valence-corrected chi connectivity index (χ4v) is 2.38. The molecule has 0 radical (unpaired) electrons. The normalized spacial score (nSPS) is 11.7. The van der Waals surface area contributed by atoms with Crippen molar-refractivity contribution in [3.63, 3.8) is 0 Å². The van der Waals surface area contributed by atoms with Gasteiger partial charge < -0.3 is 15.5 Å². The molecule has 0 atom stereocenters. The Morgan fingerprint density at radius 2 is 2.17 bits per heavy atom. The van der Waals surface area contributed by atoms with Crippen molar-refractivity contribution in [2.75, 3.05) is 13.2 Å². The van der Waals surface area contributed by atoms with E-state index in [4.69, 9.17) is 5.11 Å². The van der Waals surface area contributed by atoms with Crippen LogP contribution in [0.1, 0.15) is 42.2 Å². The first-order valence-electron chi connectivity index (χ1n) is 6.06. The monoisotopic (exact) mass is 272 g/mol. The lowest BCUT2D eigenvalue weighted by atomic mass is 9.83. The first-order valence-corrected chi connectivity index (χ1v) is 6.94. The molecule has 1 aromatic rings. The van der Waals surface area contributed by atoms with Gasteiger partial charge in [-0.15, -0.1) is 11.3 Å². The van der Waals surface area contributed by atoms with Crippen molar-refractivity contribution in [1.82, 2.24) is 10.3 Å². The van der Waals surface area contributed by atoms with Gasteiger partial charge in [-0.25, -0.2) is 9.78 Å². The number of aromatic carboxylic acids is 1. The molecule has 1 heterocycles. The van der Waals surface area contributed by atoms with E-state index in [1.165, 1.54) is 0 Å². The third-order valence-corrected chi connectivity index (χ3v) is 4.26. The highest BCUT2D eigenvalue weighted by atomic mass is 32.1. The van der Waals surface area contributed by atoms with Crippen LogP contribution in [0.5, 0.6) is 0 Å². The number of aliphatic hydroxyl groups is 1. The average molecular weight is 272 g/mol. The highest BCUT2D eigenvalue weighted by molar-refractivity contribution is 7.11. The summed E-state index contributed by atoms with van der Waals surface area (Å²) in [5.41, 5.74) is 0.641. The zero-order chi connectivity index (χ0) is 13.6. The fraction of sp³-hybridized carbons (Fsp3) is 0.667. The largest absolute Gasteiger partial charge is 0.476 e. The van der Waals surface area contributed by atoms with Crippen LogP contribution in [0.2, 0.25) is 0 Å². The van der Waals surface area contributed by atoms with Gasteiger partial charge in [0.25, 0.3) is 0 Å². The van der Waals surface area contributed by atoms with E-state index in [0.29, 0.717) is 13.1 Å². The summed E-state index contributed by atoms with van der Waals surface area (Å²) in [7, 11) is 0. The topological polar surface area (TPSA) is 82.5 Å². The van der Waals surface area contributed by atoms with Crippen LogP contribution in [-0.2, 0) is 6.54 Å². The predicted molar refractivity (Wildman–Crippen MR) is 70.9 cm³/mol. The number of nitrogens with zero attached hydrogens (tertiary/aromatic N) is 1. The maximum Gasteiger partial charge on any atom is 0.365 e. The molecule has 0 amide bonds. The van der Waals surface area contributed by atoms with Crippen LogP contribution in [0.3, 0.4) is 0 Å². The standard InChI is InChI=1S/C12H20N2O3S/c1-3-12(4-2,8-15)7-13-5-9-6-18-10(14-9)11(16)17/h6,13,15H,3-5,7-8H2,1-2H3,(H,16,17). The zero-order valence-corrected chi connectivity index (χ0v) is 11.6. The Labute approximate surface area is 111 Å². The number of aliphatic hydroxyl groups excluding tert-OH is 1. The minimum Gasteiger partial charge on any atom is -0.476 e. The van der Waals surface area contributed by atoms with Gasteiger partial charge in [0.05, 0.1) is 5.69 Å². The zero-order valence-electron chi connectivity index (χ0n) is 10.8. The third kappa shape index (κ3) is 3.76. The lowest BCUT2D eigenvalue weighted by Gasteiger charge is -2.29. The Morgan fingerprint density at radius 1 is 1.50 bits per heavy atom. The highest BCUT2D eigenvalue weighted by Gasteiger charge is 2.24. The fourth-order valence-electron chi connectivity index (χ4n) is 1.72. The molecular weight excluding hydrogens is 252 g/mol. The maximum absolute atomic E-state index is 10.7. The summed E-state index contributed by atoms with van der Waals surface area (Å²) in [5.74, 6) is -0.988. The molecule has 0 fully saturated rings. The Kier molecular flexibility index (Phi) is 5.71. The second-order valence-corrected chi connectivity index (χ2v) is 5.28. The van der Waals surface area contributed by atoms with E-state index in [2.05, 4.69) is 24.1 Å². The number of rotatable bonds is 8. The molecule has 0 spiro atoms. The molecule has 0 aliphatic carbocycles. The lowest BCUT2D eigenvalue weighted by Crippen LogP contribution is -2.36. The number of carbonyl (C=O) groups is 1. The van der Waals surface area contributed by atoms with Gasteiger partial charge in [0.1, 0.15) is 0 Å². The van der Waals surface area contributed by atoms with E-state index in [-0.39, 0.29) is 17.0 Å². The van der Waals surface area contributed by atoms with Crippen molar-refractivity contribution in [1.29, 1.82) is 0 Å². The molecule has 5 nitrogen and oxygen atoms in total. The summed E-state index contributed by atoms with van der Waals surface area (Å²) >= 11 is 1.13. The van der Waals surface area contributed by atoms with Crippen LogP contribution >= 0.6 is 11.3 Å². The molecule has 1 rings (SSSR count). The van der Waals surface area contributed by atoms with E-state index < -0.39 is 5.97 Å². The smallest absolute Gasteiger partial charge is 0.365 e. The van der Waals surface area contributed by atoms with Gasteiger partial charge >= 0.3 is 5.97 Å². The van der Waals surface area contributed by atoms with Crippen molar-refractivity contribution in [2.45, 2.75) is 33.2 Å². The molecule has 102 valence electrons. The van der Waals surface area contributed by atoms with Crippen molar-refractivity contribution in [2.24, 2.45) is 5.41 Å². The van der Waals surface area contributed by atoms with Crippen LogP contribution in [0.4, 0.5) is 0 Å². The highest BCUT2D eigenvalue weighted by Crippen LogP contribution is 2.24. The summed E-state index contributed by atoms with van der Waals surface area (Å²) in [6.07, 6.45) is 1.81. The minimum atomic E-state index is -0.988. The summed E-state index contributed by atoms with van der Waals surface area (Å²) in [5, 5.41) is 23.3. The molecule has 0 aliphatic heterocycles. The summed E-state index contributed by atoms with van der Waals surface area (Å²) in [6.45, 7) is 5.52. The lowest BCUT2D eigenvalue weighted by molar-refractivity contribution is 0.0696. The minimum absolute atomic E-state index is 0.0916. The van der Waals surface area contributed by atoms with E-state index >= 15 is 0 Å². The number of aromatic nitrogens is 1. The second-order valence-electron chi connectivity index (χ2n) is 4.42. The van der Waals surface area contributed by atoms with Crippen LogP contribution in [0.15, 0.2) is 5.38 Å². The van der Waals surface area contributed by atoms with Gasteiger partial charge in [-0.1, -0.05) is 13.8 Å². The maximum atomic E-state index is 10.7. The molecule has 18 heavy (non-hydrogen) atoms. The van der Waals surface area contributed by atoms with Gasteiger partial charge in [-0.2, -0.15) is 0 Å². The van der Waals surface area contributed by atoms with Crippen molar-refractivity contribution in [3.8, 4) is 0 Å². The van der Waals surface area contributed by atoms with Crippen LogP contribution in [0.25, 0.3) is 0 Å². The van der Waals surface area contributed by atoms with E-state index in [1.807, 2.05) is 0 Å². The van der Waals surface area contributed by atoms with Crippen molar-refractivity contribution in [3.05, 3.63) is 16.1 Å². The Morgan fingerprint density at radius 3 is 2.61 bits per heavy atom. The van der Waals surface area contributed by atoms with E-state index in [9.17, 15) is 9.90 Å². The Balaban J connectivity index is 2.47.